The fourth-order valence-corrected chi connectivity index (χ4v) is 3.47. The molecule has 1 unspecified atom stereocenters. The Balaban J connectivity index is 2.19. The number of hydrogen-bond donors (Lipinski definition) is 1. The monoisotopic (exact) mass is 360 g/mol. The van der Waals surface area contributed by atoms with Crippen LogP contribution in [-0.2, 0) is 5.41 Å². The summed E-state index contributed by atoms with van der Waals surface area (Å²) in [4.78, 5) is 11.3. The van der Waals surface area contributed by atoms with Crippen molar-refractivity contribution in [3.63, 3.8) is 0 Å². The van der Waals surface area contributed by atoms with Crippen molar-refractivity contribution in [3.05, 3.63) is 105 Å². The van der Waals surface area contributed by atoms with Crippen molar-refractivity contribution < 1.29 is 4.92 Å². The molecule has 0 radical (unpaired) electrons. The first-order valence-corrected chi connectivity index (χ1v) is 9.01. The number of nitrogen functional groups attached to an aromatic ring is 1. The van der Waals surface area contributed by atoms with E-state index in [1.54, 1.807) is 6.07 Å². The molecule has 0 saturated carbocycles. The van der Waals surface area contributed by atoms with E-state index in [9.17, 15) is 10.1 Å². The highest BCUT2D eigenvalue weighted by molar-refractivity contribution is 5.68. The molecule has 0 aliphatic carbocycles. The van der Waals surface area contributed by atoms with Crippen LogP contribution in [0.25, 0.3) is 0 Å². The van der Waals surface area contributed by atoms with Gasteiger partial charge in [0.1, 0.15) is 5.69 Å². The maximum Gasteiger partial charge on any atom is 0.292 e. The molecule has 138 valence electrons. The highest BCUT2D eigenvalue weighted by Gasteiger charge is 2.29. The summed E-state index contributed by atoms with van der Waals surface area (Å²) in [5.74, 6) is -0.0450. The normalized spacial score (nSPS) is 12.6. The standard InChI is InChI=1S/C23H24N2O2/c1-16(17-10-6-4-7-11-17)20-14-19(15-21(22(20)24)25(26)27)23(2,3)18-12-8-5-9-13-18/h4-16H,24H2,1-3H3. The Kier molecular flexibility index (Phi) is 5.00. The lowest BCUT2D eigenvalue weighted by Crippen LogP contribution is -2.20. The van der Waals surface area contributed by atoms with Gasteiger partial charge in [0.15, 0.2) is 0 Å². The van der Waals surface area contributed by atoms with E-state index in [-0.39, 0.29) is 27.6 Å². The summed E-state index contributed by atoms with van der Waals surface area (Å²) >= 11 is 0. The van der Waals surface area contributed by atoms with E-state index in [0.717, 1.165) is 22.3 Å². The summed E-state index contributed by atoms with van der Waals surface area (Å²) in [6, 6.07) is 23.6. The van der Waals surface area contributed by atoms with Gasteiger partial charge in [0.2, 0.25) is 0 Å². The average molecular weight is 360 g/mol. The van der Waals surface area contributed by atoms with Gasteiger partial charge in [0, 0.05) is 17.4 Å². The lowest BCUT2D eigenvalue weighted by atomic mass is 9.76. The molecule has 0 fully saturated rings. The third kappa shape index (κ3) is 3.56. The van der Waals surface area contributed by atoms with Gasteiger partial charge < -0.3 is 5.73 Å². The zero-order valence-electron chi connectivity index (χ0n) is 15.8. The first kappa shape index (κ1) is 18.6. The third-order valence-electron chi connectivity index (χ3n) is 5.37. The fraction of sp³-hybridized carbons (Fsp3) is 0.217. The van der Waals surface area contributed by atoms with Crippen molar-refractivity contribution in [2.45, 2.75) is 32.1 Å². The Hall–Kier alpha value is -3.14. The summed E-state index contributed by atoms with van der Waals surface area (Å²) in [7, 11) is 0. The molecule has 0 bridgehead atoms. The van der Waals surface area contributed by atoms with Crippen LogP contribution in [0.2, 0.25) is 0 Å². The number of hydrogen-bond acceptors (Lipinski definition) is 3. The zero-order chi connectivity index (χ0) is 19.6. The molecule has 1 atom stereocenters. The van der Waals surface area contributed by atoms with Gasteiger partial charge >= 0.3 is 0 Å². The van der Waals surface area contributed by atoms with Crippen molar-refractivity contribution in [1.29, 1.82) is 0 Å². The first-order chi connectivity index (χ1) is 12.8. The van der Waals surface area contributed by atoms with Crippen LogP contribution in [0.4, 0.5) is 11.4 Å². The largest absolute Gasteiger partial charge is 0.393 e. The Labute approximate surface area is 159 Å². The predicted molar refractivity (Wildman–Crippen MR) is 110 cm³/mol. The molecule has 0 aromatic heterocycles. The second-order valence-corrected chi connectivity index (χ2v) is 7.38. The maximum atomic E-state index is 11.7. The summed E-state index contributed by atoms with van der Waals surface area (Å²) in [5, 5.41) is 11.7. The minimum atomic E-state index is -0.388. The van der Waals surface area contributed by atoms with Gasteiger partial charge in [0.25, 0.3) is 5.69 Å². The molecule has 0 aliphatic rings. The van der Waals surface area contributed by atoms with E-state index < -0.39 is 0 Å². The Morgan fingerprint density at radius 3 is 2.04 bits per heavy atom. The molecule has 3 aromatic carbocycles. The summed E-state index contributed by atoms with van der Waals surface area (Å²) in [5.41, 5.74) is 9.90. The molecule has 0 saturated heterocycles. The molecular formula is C23H24N2O2. The van der Waals surface area contributed by atoms with E-state index in [2.05, 4.69) is 13.8 Å². The molecule has 0 aliphatic heterocycles. The lowest BCUT2D eigenvalue weighted by Gasteiger charge is -2.28. The van der Waals surface area contributed by atoms with Crippen LogP contribution in [0.5, 0.6) is 0 Å². The molecule has 4 heteroatoms. The number of nitrogens with zero attached hydrogens (tertiary/aromatic N) is 1. The fourth-order valence-electron chi connectivity index (χ4n) is 3.47. The van der Waals surface area contributed by atoms with Crippen LogP contribution in [-0.4, -0.2) is 4.92 Å². The van der Waals surface area contributed by atoms with Crippen LogP contribution < -0.4 is 5.73 Å². The molecule has 3 aromatic rings. The number of anilines is 1. The van der Waals surface area contributed by atoms with Crippen molar-refractivity contribution in [1.82, 2.24) is 0 Å². The van der Waals surface area contributed by atoms with Gasteiger partial charge in [-0.25, -0.2) is 0 Å². The van der Waals surface area contributed by atoms with Gasteiger partial charge in [-0.05, 0) is 22.3 Å². The van der Waals surface area contributed by atoms with Crippen molar-refractivity contribution >= 4 is 11.4 Å². The molecule has 0 spiro atoms. The van der Waals surface area contributed by atoms with Gasteiger partial charge in [-0.2, -0.15) is 0 Å². The molecule has 4 nitrogen and oxygen atoms in total. The van der Waals surface area contributed by atoms with E-state index in [1.165, 1.54) is 0 Å². The lowest BCUT2D eigenvalue weighted by molar-refractivity contribution is -0.384. The van der Waals surface area contributed by atoms with Gasteiger partial charge in [0.05, 0.1) is 4.92 Å². The number of nitrogens with two attached hydrogens (primary N) is 1. The van der Waals surface area contributed by atoms with Crippen LogP contribution in [0.1, 0.15) is 48.9 Å². The van der Waals surface area contributed by atoms with E-state index in [4.69, 9.17) is 5.73 Å². The zero-order valence-corrected chi connectivity index (χ0v) is 15.8. The molecule has 27 heavy (non-hydrogen) atoms. The van der Waals surface area contributed by atoms with Crippen molar-refractivity contribution in [2.24, 2.45) is 0 Å². The van der Waals surface area contributed by atoms with Crippen LogP contribution >= 0.6 is 0 Å². The molecular weight excluding hydrogens is 336 g/mol. The minimum Gasteiger partial charge on any atom is -0.393 e. The quantitative estimate of drug-likeness (QED) is 0.363. The SMILES string of the molecule is CC(c1ccccc1)c1cc(C(C)(C)c2ccccc2)cc([N+](=O)[O-])c1N. The minimum absolute atomic E-state index is 0.0331. The number of rotatable bonds is 5. The van der Waals surface area contributed by atoms with Crippen LogP contribution in [0.3, 0.4) is 0 Å². The summed E-state index contributed by atoms with van der Waals surface area (Å²) in [6.07, 6.45) is 0. The summed E-state index contributed by atoms with van der Waals surface area (Å²) in [6.45, 7) is 6.19. The Morgan fingerprint density at radius 2 is 1.48 bits per heavy atom. The van der Waals surface area contributed by atoms with Gasteiger partial charge in [-0.3, -0.25) is 10.1 Å². The Bertz CT molecular complexity index is 951. The van der Waals surface area contributed by atoms with Crippen molar-refractivity contribution in [3.8, 4) is 0 Å². The van der Waals surface area contributed by atoms with Gasteiger partial charge in [-0.1, -0.05) is 87.5 Å². The number of nitro groups is 1. The van der Waals surface area contributed by atoms with Crippen LogP contribution in [0, 0.1) is 10.1 Å². The number of nitro benzene ring substituents is 1. The first-order valence-electron chi connectivity index (χ1n) is 9.01. The summed E-state index contributed by atoms with van der Waals surface area (Å²) < 4.78 is 0. The van der Waals surface area contributed by atoms with E-state index in [0.29, 0.717) is 0 Å². The van der Waals surface area contributed by atoms with Crippen molar-refractivity contribution in [2.75, 3.05) is 5.73 Å². The second-order valence-electron chi connectivity index (χ2n) is 7.38. The van der Waals surface area contributed by atoms with E-state index in [1.807, 2.05) is 73.7 Å². The maximum absolute atomic E-state index is 11.7. The predicted octanol–water partition coefficient (Wildman–Crippen LogP) is 5.65. The molecule has 0 heterocycles. The second kappa shape index (κ2) is 7.23. The third-order valence-corrected chi connectivity index (χ3v) is 5.37. The van der Waals surface area contributed by atoms with Crippen LogP contribution in [0.15, 0.2) is 72.8 Å². The Morgan fingerprint density at radius 1 is 0.926 bits per heavy atom. The highest BCUT2D eigenvalue weighted by Crippen LogP contribution is 2.40. The topological polar surface area (TPSA) is 69.2 Å². The number of benzene rings is 3. The molecule has 2 N–H and O–H groups in total. The van der Waals surface area contributed by atoms with Gasteiger partial charge in [-0.15, -0.1) is 0 Å². The molecule has 3 rings (SSSR count). The average Bonchev–Trinajstić information content (AvgIpc) is 2.68. The highest BCUT2D eigenvalue weighted by atomic mass is 16.6. The smallest absolute Gasteiger partial charge is 0.292 e. The van der Waals surface area contributed by atoms with E-state index >= 15 is 0 Å². The molecule has 0 amide bonds.